The highest BCUT2D eigenvalue weighted by Crippen LogP contribution is 2.36. The molecule has 256 valence electrons. The Morgan fingerprint density at radius 1 is 1.04 bits per heavy atom. The number of hydrogen-bond donors (Lipinski definition) is 4. The van der Waals surface area contributed by atoms with Crippen LogP contribution in [0.2, 0.25) is 0 Å². The number of aryl methyl sites for hydroxylation is 1. The van der Waals surface area contributed by atoms with E-state index in [-0.39, 0.29) is 12.2 Å². The molecule has 47 heavy (non-hydrogen) atoms. The van der Waals surface area contributed by atoms with Crippen molar-refractivity contribution in [3.05, 3.63) is 53.1 Å². The first kappa shape index (κ1) is 37.0. The molecule has 1 heterocycles. The molecule has 4 amide bonds. The minimum absolute atomic E-state index is 0.225. The number of nitrogens with one attached hydrogen (secondary N) is 3. The molecule has 0 radical (unpaired) electrons. The monoisotopic (exact) mass is 651 g/mol. The second kappa shape index (κ2) is 15.9. The average Bonchev–Trinajstić information content (AvgIpc) is 2.99. The van der Waals surface area contributed by atoms with Crippen LogP contribution >= 0.6 is 0 Å². The van der Waals surface area contributed by atoms with Gasteiger partial charge in [-0.2, -0.15) is 0 Å². The Balaban J connectivity index is 1.92. The summed E-state index contributed by atoms with van der Waals surface area (Å²) < 4.78 is 10.9. The second-order valence-electron chi connectivity index (χ2n) is 13.1. The van der Waals surface area contributed by atoms with Crippen molar-refractivity contribution in [3.8, 4) is 16.9 Å². The molecule has 0 fully saturated rings. The Bertz CT molecular complexity index is 1490. The molecule has 5 N–H and O–H groups in total. The number of carbonyl (C=O) groups is 5. The number of alkyl carbamates (subject to hydrolysis) is 1. The predicted octanol–water partition coefficient (Wildman–Crippen LogP) is 3.33. The summed E-state index contributed by atoms with van der Waals surface area (Å²) in [7, 11) is 3.07. The van der Waals surface area contributed by atoms with E-state index in [9.17, 15) is 24.0 Å². The molecule has 0 aliphatic carbocycles. The van der Waals surface area contributed by atoms with Gasteiger partial charge in [0.2, 0.25) is 17.7 Å². The first-order valence-electron chi connectivity index (χ1n) is 15.9. The lowest BCUT2D eigenvalue weighted by molar-refractivity contribution is -0.141. The Hall–Kier alpha value is -4.45. The van der Waals surface area contributed by atoms with Crippen molar-refractivity contribution in [2.24, 2.45) is 5.73 Å². The Morgan fingerprint density at radius 3 is 2.38 bits per heavy atom. The van der Waals surface area contributed by atoms with Crippen LogP contribution in [0, 0.1) is 6.92 Å². The third-order valence-corrected chi connectivity index (χ3v) is 8.04. The maximum absolute atomic E-state index is 13.9. The fourth-order valence-electron chi connectivity index (χ4n) is 5.44. The number of hydrogen-bond acceptors (Lipinski definition) is 8. The van der Waals surface area contributed by atoms with E-state index < -0.39 is 53.6 Å². The molecule has 12 nitrogen and oxygen atoms in total. The minimum atomic E-state index is -1.13. The van der Waals surface area contributed by atoms with Gasteiger partial charge in [0.1, 0.15) is 23.4 Å². The van der Waals surface area contributed by atoms with E-state index in [0.29, 0.717) is 37.1 Å². The summed E-state index contributed by atoms with van der Waals surface area (Å²) in [4.78, 5) is 66.5. The number of rotatable bonds is 9. The molecule has 2 aromatic rings. The lowest BCUT2D eigenvalue weighted by atomic mass is 9.91. The van der Waals surface area contributed by atoms with Gasteiger partial charge in [0.15, 0.2) is 5.78 Å². The van der Waals surface area contributed by atoms with Crippen LogP contribution in [0.3, 0.4) is 0 Å². The molecule has 0 saturated carbocycles. The molecule has 1 aliphatic heterocycles. The van der Waals surface area contributed by atoms with E-state index in [1.807, 2.05) is 37.3 Å². The van der Waals surface area contributed by atoms with Crippen LogP contribution in [0.5, 0.6) is 5.75 Å². The van der Waals surface area contributed by atoms with Crippen molar-refractivity contribution >= 4 is 29.6 Å². The number of ether oxygens (including phenoxy) is 2. The molecule has 0 unspecified atom stereocenters. The number of nitrogens with zero attached hydrogens (tertiary/aromatic N) is 1. The third kappa shape index (κ3) is 10.0. The van der Waals surface area contributed by atoms with E-state index in [4.69, 9.17) is 15.2 Å². The number of carbonyl (C=O) groups excluding carboxylic acids is 5. The summed E-state index contributed by atoms with van der Waals surface area (Å²) in [6.45, 7) is 10.6. The molecule has 0 aromatic heterocycles. The molecule has 1 aliphatic rings. The summed E-state index contributed by atoms with van der Waals surface area (Å²) in [5.74, 6) is -1.20. The summed E-state index contributed by atoms with van der Waals surface area (Å²) in [5.41, 5.74) is 9.51. The standard InChI is InChI=1S/C35H49N5O7/c1-20-12-14-24-19-25(20)26-17-23(13-15-29(26)46-8)18-28(22(3)41)39-31(42)21(2)38-32(43)30(24)40(7)33(44)27(36)11-9-10-16-37-34(45)47-35(4,5)6/h12-15,17,19,21,27-28,30H,9-11,16,18,36H2,1-8H3,(H,37,45)(H,38,43)(H,39,42)/t21-,27-,28-,30-/m0/s1. The van der Waals surface area contributed by atoms with Crippen LogP contribution < -0.4 is 26.4 Å². The minimum Gasteiger partial charge on any atom is -0.496 e. The van der Waals surface area contributed by atoms with Crippen LogP contribution in [0.15, 0.2) is 36.4 Å². The van der Waals surface area contributed by atoms with Gasteiger partial charge in [-0.3, -0.25) is 19.2 Å². The topological polar surface area (TPSA) is 169 Å². The summed E-state index contributed by atoms with van der Waals surface area (Å²) >= 11 is 0. The Labute approximate surface area is 277 Å². The molecule has 4 bridgehead atoms. The zero-order valence-corrected chi connectivity index (χ0v) is 28.7. The van der Waals surface area contributed by atoms with Gasteiger partial charge in [-0.25, -0.2) is 4.79 Å². The SMILES string of the molecule is COc1ccc2cc1-c1cc(ccc1C)[C@H](N(C)C(=O)[C@@H](N)CCCCNC(=O)OC(C)(C)C)C(=O)N[C@@H](C)C(=O)N[C@H](C(C)=O)C2. The van der Waals surface area contributed by atoms with E-state index in [1.54, 1.807) is 33.9 Å². The van der Waals surface area contributed by atoms with Gasteiger partial charge in [0.25, 0.3) is 0 Å². The van der Waals surface area contributed by atoms with Crippen molar-refractivity contribution < 1.29 is 33.4 Å². The molecule has 12 heteroatoms. The molecule has 2 aromatic carbocycles. The smallest absolute Gasteiger partial charge is 0.407 e. The number of benzene rings is 2. The number of likely N-dealkylation sites (N-methyl/N-ethyl adjacent to an activating group) is 1. The van der Waals surface area contributed by atoms with Gasteiger partial charge < -0.3 is 36.1 Å². The van der Waals surface area contributed by atoms with E-state index in [0.717, 1.165) is 22.3 Å². The second-order valence-corrected chi connectivity index (χ2v) is 13.1. The van der Waals surface area contributed by atoms with Crippen LogP contribution in [0.25, 0.3) is 11.1 Å². The van der Waals surface area contributed by atoms with Gasteiger partial charge in [-0.05, 0) is 108 Å². The normalized spacial score (nSPS) is 19.0. The zero-order valence-electron chi connectivity index (χ0n) is 28.7. The predicted molar refractivity (Wildman–Crippen MR) is 179 cm³/mol. The van der Waals surface area contributed by atoms with Crippen molar-refractivity contribution in [2.45, 2.75) is 97.0 Å². The quantitative estimate of drug-likeness (QED) is 0.300. The summed E-state index contributed by atoms with van der Waals surface area (Å²) in [6, 6.07) is 7.22. The number of fused-ring (bicyclic) bond motifs is 5. The summed E-state index contributed by atoms with van der Waals surface area (Å²) in [6.07, 6.45) is 1.18. The van der Waals surface area contributed by atoms with Crippen LogP contribution in [-0.2, 0) is 30.3 Å². The maximum Gasteiger partial charge on any atom is 0.407 e. The zero-order chi connectivity index (χ0) is 35.1. The fraction of sp³-hybridized carbons (Fsp3) is 0.514. The summed E-state index contributed by atoms with van der Waals surface area (Å²) in [5, 5.41) is 8.19. The number of unbranched alkanes of at least 4 members (excludes halogenated alkanes) is 1. The molecule has 0 saturated heterocycles. The van der Waals surface area contributed by atoms with E-state index in [1.165, 1.54) is 25.8 Å². The van der Waals surface area contributed by atoms with Gasteiger partial charge in [0.05, 0.1) is 19.2 Å². The number of ketones is 1. The van der Waals surface area contributed by atoms with Crippen molar-refractivity contribution in [1.29, 1.82) is 0 Å². The largest absolute Gasteiger partial charge is 0.496 e. The number of nitrogens with two attached hydrogens (primary N) is 1. The Morgan fingerprint density at radius 2 is 1.74 bits per heavy atom. The van der Waals surface area contributed by atoms with Crippen LogP contribution in [-0.4, -0.2) is 78.9 Å². The highest BCUT2D eigenvalue weighted by atomic mass is 16.6. The number of Topliss-reactive ketones (excluding diaryl/α,β-unsaturated/α-hetero) is 1. The first-order chi connectivity index (χ1) is 22.0. The van der Waals surface area contributed by atoms with E-state index in [2.05, 4.69) is 16.0 Å². The maximum atomic E-state index is 13.9. The lowest BCUT2D eigenvalue weighted by Gasteiger charge is -2.31. The Kier molecular flexibility index (Phi) is 12.5. The van der Waals surface area contributed by atoms with Crippen molar-refractivity contribution in [3.63, 3.8) is 0 Å². The fourth-order valence-corrected chi connectivity index (χ4v) is 5.44. The number of methoxy groups -OCH3 is 1. The van der Waals surface area contributed by atoms with Crippen LogP contribution in [0.4, 0.5) is 4.79 Å². The molecule has 4 atom stereocenters. The lowest BCUT2D eigenvalue weighted by Crippen LogP contribution is -2.54. The van der Waals surface area contributed by atoms with Crippen LogP contribution in [0.1, 0.15) is 76.6 Å². The van der Waals surface area contributed by atoms with Crippen molar-refractivity contribution in [1.82, 2.24) is 20.9 Å². The third-order valence-electron chi connectivity index (χ3n) is 8.04. The molecule has 3 rings (SSSR count). The molecule has 0 spiro atoms. The average molecular weight is 652 g/mol. The van der Waals surface area contributed by atoms with E-state index >= 15 is 0 Å². The number of amides is 4. The van der Waals surface area contributed by atoms with Crippen molar-refractivity contribution in [2.75, 3.05) is 20.7 Å². The highest BCUT2D eigenvalue weighted by molar-refractivity contribution is 5.95. The van der Waals surface area contributed by atoms with Gasteiger partial charge in [-0.15, -0.1) is 0 Å². The van der Waals surface area contributed by atoms with Gasteiger partial charge in [0, 0.05) is 19.2 Å². The molecular formula is C35H49N5O7. The first-order valence-corrected chi connectivity index (χ1v) is 15.9. The van der Waals surface area contributed by atoms with Gasteiger partial charge >= 0.3 is 6.09 Å². The van der Waals surface area contributed by atoms with Gasteiger partial charge in [-0.1, -0.05) is 18.2 Å². The highest BCUT2D eigenvalue weighted by Gasteiger charge is 2.34. The molecular weight excluding hydrogens is 602 g/mol.